The predicted octanol–water partition coefficient (Wildman–Crippen LogP) is 2.08. The minimum atomic E-state index is -3.47. The Morgan fingerprint density at radius 1 is 0.949 bits per heavy atom. The summed E-state index contributed by atoms with van der Waals surface area (Å²) in [5.74, 6) is 5.70. The highest BCUT2D eigenvalue weighted by atomic mass is 32.2. The second-order valence-electron chi connectivity index (χ2n) is 9.69. The van der Waals surface area contributed by atoms with Crippen LogP contribution >= 0.6 is 0 Å². The summed E-state index contributed by atoms with van der Waals surface area (Å²) in [5, 5.41) is 2.80. The number of nitrogens with one attached hydrogen (secondary N) is 2. The van der Waals surface area contributed by atoms with Crippen molar-refractivity contribution in [3.05, 3.63) is 99.5 Å². The third-order valence-electron chi connectivity index (χ3n) is 6.27. The molecular formula is C29H33N5O4S. The molecule has 9 nitrogen and oxygen atoms in total. The lowest BCUT2D eigenvalue weighted by Crippen LogP contribution is -2.53. The van der Waals surface area contributed by atoms with Crippen molar-refractivity contribution in [3.63, 3.8) is 0 Å². The lowest BCUT2D eigenvalue weighted by Gasteiger charge is -2.35. The van der Waals surface area contributed by atoms with Crippen molar-refractivity contribution in [2.75, 3.05) is 31.1 Å². The van der Waals surface area contributed by atoms with E-state index in [0.717, 1.165) is 16.8 Å². The summed E-state index contributed by atoms with van der Waals surface area (Å²) in [6.45, 7) is 5.95. The molecule has 1 aromatic heterocycles. The number of pyridine rings is 1. The fourth-order valence-electron chi connectivity index (χ4n) is 4.28. The molecule has 204 valence electrons. The number of hydrogen-bond donors (Lipinski definition) is 2. The number of benzene rings is 2. The number of nitrogens with zero attached hydrogens (tertiary/aromatic N) is 3. The van der Waals surface area contributed by atoms with E-state index < -0.39 is 16.1 Å². The first-order valence-electron chi connectivity index (χ1n) is 12.8. The average molecular weight is 548 g/mol. The summed E-state index contributed by atoms with van der Waals surface area (Å²) in [6, 6.07) is 18.6. The summed E-state index contributed by atoms with van der Waals surface area (Å²) in [5.41, 5.74) is 2.93. The Bertz CT molecular complexity index is 1530. The molecule has 1 saturated heterocycles. The van der Waals surface area contributed by atoms with Crippen molar-refractivity contribution in [3.8, 4) is 11.8 Å². The molecule has 39 heavy (non-hydrogen) atoms. The first-order chi connectivity index (χ1) is 18.6. The second kappa shape index (κ2) is 12.3. The Morgan fingerprint density at radius 3 is 2.23 bits per heavy atom. The molecule has 0 saturated carbocycles. The topological polar surface area (TPSA) is 104 Å². The zero-order valence-electron chi connectivity index (χ0n) is 22.3. The highest BCUT2D eigenvalue weighted by Gasteiger charge is 2.27. The van der Waals surface area contributed by atoms with Gasteiger partial charge >= 0.3 is 0 Å². The molecule has 1 aliphatic rings. The normalized spacial score (nSPS) is 14.1. The molecule has 0 bridgehead atoms. The van der Waals surface area contributed by atoms with Gasteiger partial charge in [0.05, 0.1) is 0 Å². The minimum absolute atomic E-state index is 0.0420. The zero-order valence-corrected chi connectivity index (χ0v) is 23.2. The van der Waals surface area contributed by atoms with Crippen molar-refractivity contribution in [2.24, 2.45) is 7.05 Å². The molecule has 10 heteroatoms. The first-order valence-corrected chi connectivity index (χ1v) is 14.2. The predicted molar refractivity (Wildman–Crippen MR) is 153 cm³/mol. The number of aryl methyl sites for hydroxylation is 1. The van der Waals surface area contributed by atoms with Gasteiger partial charge < -0.3 is 14.8 Å². The Hall–Kier alpha value is -3.91. The molecule has 0 aliphatic carbocycles. The summed E-state index contributed by atoms with van der Waals surface area (Å²) < 4.78 is 30.3. The maximum Gasteiger partial charge on any atom is 0.279 e. The van der Waals surface area contributed by atoms with Crippen molar-refractivity contribution < 1.29 is 13.2 Å². The van der Waals surface area contributed by atoms with Crippen LogP contribution in [0.4, 0.5) is 5.69 Å². The van der Waals surface area contributed by atoms with Gasteiger partial charge in [0, 0.05) is 68.8 Å². The maximum atomic E-state index is 12.7. The van der Waals surface area contributed by atoms with Crippen molar-refractivity contribution in [2.45, 2.75) is 26.4 Å². The second-order valence-corrected chi connectivity index (χ2v) is 11.4. The molecule has 2 N–H and O–H groups in total. The molecule has 1 aliphatic heterocycles. The highest BCUT2D eigenvalue weighted by Crippen LogP contribution is 2.18. The highest BCUT2D eigenvalue weighted by molar-refractivity contribution is 7.87. The molecule has 0 unspecified atom stereocenters. The summed E-state index contributed by atoms with van der Waals surface area (Å²) >= 11 is 0. The van der Waals surface area contributed by atoms with E-state index >= 15 is 0 Å². The molecule has 3 aromatic rings. The van der Waals surface area contributed by atoms with Crippen LogP contribution in [0, 0.1) is 11.8 Å². The van der Waals surface area contributed by atoms with Crippen LogP contribution in [-0.2, 0) is 23.8 Å². The first kappa shape index (κ1) is 28.1. The largest absolute Gasteiger partial charge is 0.369 e. The van der Waals surface area contributed by atoms with Gasteiger partial charge in [0.2, 0.25) is 0 Å². The van der Waals surface area contributed by atoms with Crippen molar-refractivity contribution in [1.29, 1.82) is 0 Å². The molecule has 0 spiro atoms. The molecule has 0 radical (unpaired) electrons. The summed E-state index contributed by atoms with van der Waals surface area (Å²) in [6.07, 6.45) is 1.61. The zero-order chi connectivity index (χ0) is 28.0. The number of anilines is 1. The fraction of sp³-hybridized carbons (Fsp3) is 0.310. The smallest absolute Gasteiger partial charge is 0.279 e. The molecular weight excluding hydrogens is 514 g/mol. The number of hydrogen-bond acceptors (Lipinski definition) is 5. The lowest BCUT2D eigenvalue weighted by atomic mass is 10.1. The van der Waals surface area contributed by atoms with E-state index in [1.807, 2.05) is 54.6 Å². The number of carbonyl (C=O) groups excluding carboxylic acids is 1. The quantitative estimate of drug-likeness (QED) is 0.441. The standard InChI is InChI=1S/C29H33N5O4S/c1-22(2)31-39(37,38)34-17-15-33(16-18-34)26-13-11-23(12-14-26)9-10-25-19-27(29(36)32(3)21-25)28(35)30-20-24-7-5-4-6-8-24/h4-8,11-14,19,21-22,31H,15-18,20H2,1-3H3,(H,30,35). The van der Waals surface area contributed by atoms with Crippen LogP contribution in [0.5, 0.6) is 0 Å². The van der Waals surface area contributed by atoms with Gasteiger partial charge in [-0.2, -0.15) is 17.4 Å². The van der Waals surface area contributed by atoms with Crippen LogP contribution in [0.15, 0.2) is 71.7 Å². The summed E-state index contributed by atoms with van der Waals surface area (Å²) in [7, 11) is -1.87. The van der Waals surface area contributed by atoms with Gasteiger partial charge in [-0.25, -0.2) is 0 Å². The molecule has 2 heterocycles. The fourth-order valence-corrected chi connectivity index (χ4v) is 5.66. The van der Waals surface area contributed by atoms with Gasteiger partial charge in [-0.1, -0.05) is 42.2 Å². The van der Waals surface area contributed by atoms with Gasteiger partial charge in [0.15, 0.2) is 0 Å². The Kier molecular flexibility index (Phi) is 8.86. The number of amides is 1. The minimum Gasteiger partial charge on any atom is -0.369 e. The van der Waals surface area contributed by atoms with Gasteiger partial charge in [-0.3, -0.25) is 9.59 Å². The monoisotopic (exact) mass is 547 g/mol. The molecule has 1 fully saturated rings. The molecule has 2 aromatic carbocycles. The van der Waals surface area contributed by atoms with E-state index in [0.29, 0.717) is 38.3 Å². The third kappa shape index (κ3) is 7.35. The van der Waals surface area contributed by atoms with Crippen LogP contribution in [0.3, 0.4) is 0 Å². The van der Waals surface area contributed by atoms with E-state index in [1.165, 1.54) is 14.9 Å². The van der Waals surface area contributed by atoms with Crippen LogP contribution in [0.25, 0.3) is 0 Å². The van der Waals surface area contributed by atoms with E-state index in [-0.39, 0.29) is 17.2 Å². The molecule has 4 rings (SSSR count). The summed E-state index contributed by atoms with van der Waals surface area (Å²) in [4.78, 5) is 27.4. The van der Waals surface area contributed by atoms with Crippen LogP contribution in [0.2, 0.25) is 0 Å². The number of carbonyl (C=O) groups is 1. The van der Waals surface area contributed by atoms with E-state index in [1.54, 1.807) is 27.1 Å². The SMILES string of the molecule is CC(C)NS(=O)(=O)N1CCN(c2ccc(C#Cc3cc(C(=O)NCc4ccccc4)c(=O)n(C)c3)cc2)CC1. The van der Waals surface area contributed by atoms with E-state index in [9.17, 15) is 18.0 Å². The van der Waals surface area contributed by atoms with Gasteiger partial charge in [0.1, 0.15) is 5.56 Å². The van der Waals surface area contributed by atoms with Crippen LogP contribution in [0.1, 0.15) is 40.9 Å². The number of aromatic nitrogens is 1. The van der Waals surface area contributed by atoms with Crippen LogP contribution < -0.4 is 20.5 Å². The van der Waals surface area contributed by atoms with E-state index in [4.69, 9.17) is 0 Å². The Morgan fingerprint density at radius 2 is 1.59 bits per heavy atom. The lowest BCUT2D eigenvalue weighted by molar-refractivity contribution is 0.0948. The Labute approximate surface area is 229 Å². The van der Waals surface area contributed by atoms with Crippen molar-refractivity contribution >= 4 is 21.8 Å². The van der Waals surface area contributed by atoms with Gasteiger partial charge in [-0.05, 0) is 49.7 Å². The average Bonchev–Trinajstić information content (AvgIpc) is 2.92. The maximum absolute atomic E-state index is 12.7. The van der Waals surface area contributed by atoms with Crippen molar-refractivity contribution in [1.82, 2.24) is 18.9 Å². The van der Waals surface area contributed by atoms with Gasteiger partial charge in [0.25, 0.3) is 21.7 Å². The number of piperazine rings is 1. The van der Waals surface area contributed by atoms with E-state index in [2.05, 4.69) is 26.8 Å². The molecule has 0 atom stereocenters. The number of rotatable bonds is 7. The van der Waals surface area contributed by atoms with Gasteiger partial charge in [-0.15, -0.1) is 0 Å². The molecule has 1 amide bonds. The third-order valence-corrected chi connectivity index (χ3v) is 8.08. The Balaban J connectivity index is 1.40. The van der Waals surface area contributed by atoms with Crippen LogP contribution in [-0.4, -0.2) is 55.4 Å².